The first kappa shape index (κ1) is 11.2. The largest absolute Gasteiger partial charge is 0.494 e. The Balaban J connectivity index is 3.03. The predicted octanol–water partition coefficient (Wildman–Crippen LogP) is 2.47. The highest BCUT2D eigenvalue weighted by atomic mass is 19.1. The molecular formula is C10H10FNO3. The summed E-state index contributed by atoms with van der Waals surface area (Å²) in [5, 5.41) is 10.3. The zero-order valence-electron chi connectivity index (χ0n) is 8.36. The fourth-order valence-corrected chi connectivity index (χ4v) is 1.07. The second kappa shape index (κ2) is 4.54. The number of hydrogen-bond acceptors (Lipinski definition) is 3. The van der Waals surface area contributed by atoms with Crippen LogP contribution in [0.15, 0.2) is 23.9 Å². The molecule has 1 rings (SSSR count). The van der Waals surface area contributed by atoms with Crippen molar-refractivity contribution in [3.63, 3.8) is 0 Å². The Bertz CT molecular complexity index is 415. The third-order valence-electron chi connectivity index (χ3n) is 1.84. The zero-order valence-corrected chi connectivity index (χ0v) is 8.36. The summed E-state index contributed by atoms with van der Waals surface area (Å²) in [6.45, 7) is 1.35. The molecule has 0 amide bonds. The van der Waals surface area contributed by atoms with Crippen molar-refractivity contribution in [1.29, 1.82) is 0 Å². The van der Waals surface area contributed by atoms with Crippen LogP contribution in [0.3, 0.4) is 0 Å². The van der Waals surface area contributed by atoms with Crippen molar-refractivity contribution in [2.45, 2.75) is 6.92 Å². The summed E-state index contributed by atoms with van der Waals surface area (Å²) < 4.78 is 17.9. The summed E-state index contributed by atoms with van der Waals surface area (Å²) in [5.41, 5.74) is 0.391. The van der Waals surface area contributed by atoms with E-state index < -0.39 is 10.7 Å². The van der Waals surface area contributed by atoms with Gasteiger partial charge in [0.25, 0.3) is 0 Å². The van der Waals surface area contributed by atoms with E-state index in [1.807, 2.05) is 0 Å². The van der Waals surface area contributed by atoms with Crippen molar-refractivity contribution in [3.8, 4) is 5.75 Å². The summed E-state index contributed by atoms with van der Waals surface area (Å²) in [7, 11) is 1.36. The van der Waals surface area contributed by atoms with E-state index in [-0.39, 0.29) is 11.4 Å². The summed E-state index contributed by atoms with van der Waals surface area (Å²) in [6.07, 6.45) is 1.29. The van der Waals surface area contributed by atoms with Crippen LogP contribution in [0.25, 0.3) is 6.08 Å². The molecule has 0 saturated carbocycles. The van der Waals surface area contributed by atoms with E-state index in [1.165, 1.54) is 32.2 Å². The van der Waals surface area contributed by atoms with Crippen LogP contribution >= 0.6 is 0 Å². The summed E-state index contributed by atoms with van der Waals surface area (Å²) in [5.74, 6) is -0.423. The van der Waals surface area contributed by atoms with Gasteiger partial charge in [0, 0.05) is 13.0 Å². The highest BCUT2D eigenvalue weighted by Crippen LogP contribution is 2.19. The van der Waals surface area contributed by atoms with Gasteiger partial charge in [-0.15, -0.1) is 0 Å². The lowest BCUT2D eigenvalue weighted by atomic mass is 10.2. The molecule has 0 aromatic heterocycles. The number of ether oxygens (including phenoxy) is 1. The van der Waals surface area contributed by atoms with Gasteiger partial charge >= 0.3 is 0 Å². The number of nitrogens with zero attached hydrogens (tertiary/aromatic N) is 1. The van der Waals surface area contributed by atoms with Crippen LogP contribution in [-0.4, -0.2) is 12.0 Å². The topological polar surface area (TPSA) is 52.4 Å². The van der Waals surface area contributed by atoms with E-state index in [4.69, 9.17) is 4.74 Å². The van der Waals surface area contributed by atoms with Gasteiger partial charge in [-0.25, -0.2) is 4.39 Å². The lowest BCUT2D eigenvalue weighted by Gasteiger charge is -2.01. The van der Waals surface area contributed by atoms with Gasteiger partial charge in [-0.1, -0.05) is 6.07 Å². The molecule has 0 heterocycles. The molecule has 0 saturated heterocycles. The normalized spacial score (nSPS) is 11.3. The second-order valence-corrected chi connectivity index (χ2v) is 2.94. The van der Waals surface area contributed by atoms with E-state index in [1.54, 1.807) is 6.07 Å². The van der Waals surface area contributed by atoms with Crippen LogP contribution in [0, 0.1) is 15.9 Å². The molecule has 0 unspecified atom stereocenters. The van der Waals surface area contributed by atoms with Gasteiger partial charge in [0.15, 0.2) is 11.6 Å². The maximum atomic E-state index is 13.2. The Hall–Kier alpha value is -1.91. The minimum atomic E-state index is -0.539. The van der Waals surface area contributed by atoms with Gasteiger partial charge in [0.2, 0.25) is 5.70 Å². The molecule has 0 radical (unpaired) electrons. The maximum Gasteiger partial charge on any atom is 0.243 e. The molecule has 1 aromatic carbocycles. The number of halogens is 1. The Morgan fingerprint density at radius 3 is 2.73 bits per heavy atom. The summed E-state index contributed by atoms with van der Waals surface area (Å²) in [6, 6.07) is 4.16. The molecule has 0 N–H and O–H groups in total. The average molecular weight is 211 g/mol. The molecule has 0 atom stereocenters. The lowest BCUT2D eigenvalue weighted by Crippen LogP contribution is -1.93. The van der Waals surface area contributed by atoms with Crippen LogP contribution in [-0.2, 0) is 0 Å². The molecule has 1 aromatic rings. The maximum absolute atomic E-state index is 13.2. The van der Waals surface area contributed by atoms with E-state index in [2.05, 4.69) is 0 Å². The molecule has 0 aliphatic carbocycles. The number of nitro groups is 1. The van der Waals surface area contributed by atoms with Crippen molar-refractivity contribution in [3.05, 3.63) is 45.4 Å². The molecule has 4 nitrogen and oxygen atoms in total. The number of methoxy groups -OCH3 is 1. The SMILES string of the molecule is COc1ccc(C=C(C)[N+](=O)[O-])cc1F. The fourth-order valence-electron chi connectivity index (χ4n) is 1.07. The Morgan fingerprint density at radius 2 is 2.27 bits per heavy atom. The van der Waals surface area contributed by atoms with E-state index >= 15 is 0 Å². The molecule has 0 fully saturated rings. The molecule has 0 aliphatic heterocycles. The highest BCUT2D eigenvalue weighted by molar-refractivity contribution is 5.52. The van der Waals surface area contributed by atoms with Crippen LogP contribution in [0.2, 0.25) is 0 Å². The molecular weight excluding hydrogens is 201 g/mol. The van der Waals surface area contributed by atoms with Crippen LogP contribution in [0.4, 0.5) is 4.39 Å². The number of benzene rings is 1. The minimum absolute atomic E-state index is 0.0421. The van der Waals surface area contributed by atoms with Crippen molar-refractivity contribution in [2.75, 3.05) is 7.11 Å². The Kier molecular flexibility index (Phi) is 3.38. The van der Waals surface area contributed by atoms with Crippen molar-refractivity contribution < 1.29 is 14.1 Å². The van der Waals surface area contributed by atoms with Crippen LogP contribution in [0.5, 0.6) is 5.75 Å². The average Bonchev–Trinajstić information content (AvgIpc) is 2.18. The number of hydrogen-bond donors (Lipinski definition) is 0. The third-order valence-corrected chi connectivity index (χ3v) is 1.84. The minimum Gasteiger partial charge on any atom is -0.494 e. The molecule has 0 aliphatic rings. The summed E-state index contributed by atoms with van der Waals surface area (Å²) >= 11 is 0. The van der Waals surface area contributed by atoms with Gasteiger partial charge < -0.3 is 4.74 Å². The summed E-state index contributed by atoms with van der Waals surface area (Å²) in [4.78, 5) is 9.80. The molecule has 0 spiro atoms. The van der Waals surface area contributed by atoms with Gasteiger partial charge in [-0.2, -0.15) is 0 Å². The quantitative estimate of drug-likeness (QED) is 0.570. The van der Waals surface area contributed by atoms with E-state index in [9.17, 15) is 14.5 Å². The molecule has 80 valence electrons. The van der Waals surface area contributed by atoms with Crippen molar-refractivity contribution in [2.24, 2.45) is 0 Å². The Labute approximate surface area is 86.1 Å². The highest BCUT2D eigenvalue weighted by Gasteiger charge is 2.05. The predicted molar refractivity (Wildman–Crippen MR) is 53.6 cm³/mol. The first-order valence-corrected chi connectivity index (χ1v) is 4.21. The van der Waals surface area contributed by atoms with E-state index in [0.29, 0.717) is 5.56 Å². The van der Waals surface area contributed by atoms with E-state index in [0.717, 1.165) is 0 Å². The first-order chi connectivity index (χ1) is 7.04. The molecule has 0 bridgehead atoms. The standard InChI is InChI=1S/C10H10FNO3/c1-7(12(13)14)5-8-3-4-10(15-2)9(11)6-8/h3-6H,1-2H3. The first-order valence-electron chi connectivity index (χ1n) is 4.21. The van der Waals surface area contributed by atoms with Gasteiger partial charge in [0.1, 0.15) is 0 Å². The number of allylic oxidation sites excluding steroid dienone is 1. The van der Waals surface area contributed by atoms with Crippen LogP contribution in [0.1, 0.15) is 12.5 Å². The van der Waals surface area contributed by atoms with Crippen molar-refractivity contribution >= 4 is 6.08 Å². The smallest absolute Gasteiger partial charge is 0.243 e. The van der Waals surface area contributed by atoms with Crippen LogP contribution < -0.4 is 4.74 Å². The van der Waals surface area contributed by atoms with Gasteiger partial charge in [-0.3, -0.25) is 10.1 Å². The van der Waals surface area contributed by atoms with Crippen molar-refractivity contribution in [1.82, 2.24) is 0 Å². The van der Waals surface area contributed by atoms with Gasteiger partial charge in [-0.05, 0) is 17.7 Å². The second-order valence-electron chi connectivity index (χ2n) is 2.94. The third kappa shape index (κ3) is 2.77. The molecule has 15 heavy (non-hydrogen) atoms. The fraction of sp³-hybridized carbons (Fsp3) is 0.200. The zero-order chi connectivity index (χ0) is 11.4. The number of rotatable bonds is 3. The Morgan fingerprint density at radius 1 is 1.60 bits per heavy atom. The lowest BCUT2D eigenvalue weighted by molar-refractivity contribution is -0.422. The molecule has 5 heteroatoms. The monoisotopic (exact) mass is 211 g/mol. The van der Waals surface area contributed by atoms with Gasteiger partial charge in [0.05, 0.1) is 12.0 Å².